The molecule has 0 spiro atoms. The summed E-state index contributed by atoms with van der Waals surface area (Å²) < 4.78 is 13.1. The smallest absolute Gasteiger partial charge is 0.251 e. The molecule has 1 saturated carbocycles. The number of benzene rings is 1. The van der Waals surface area contributed by atoms with Gasteiger partial charge in [-0.1, -0.05) is 0 Å². The minimum Gasteiger partial charge on any atom is -0.352 e. The summed E-state index contributed by atoms with van der Waals surface area (Å²) in [5.74, 6) is -0.900. The van der Waals surface area contributed by atoms with Gasteiger partial charge in [0.1, 0.15) is 5.82 Å². The molecule has 0 saturated heterocycles. The van der Waals surface area contributed by atoms with Gasteiger partial charge in [-0.15, -0.1) is 0 Å². The van der Waals surface area contributed by atoms with Crippen molar-refractivity contribution in [2.75, 3.05) is 6.54 Å². The Morgan fingerprint density at radius 1 is 1.37 bits per heavy atom. The van der Waals surface area contributed by atoms with Crippen LogP contribution in [0.3, 0.4) is 0 Å². The normalized spacial score (nSPS) is 14.6. The van der Waals surface area contributed by atoms with E-state index in [1.807, 2.05) is 0 Å². The molecule has 0 unspecified atom stereocenters. The van der Waals surface area contributed by atoms with E-state index in [4.69, 9.17) is 0 Å². The minimum absolute atomic E-state index is 0.0498. The van der Waals surface area contributed by atoms with Crippen molar-refractivity contribution in [3.63, 3.8) is 0 Å². The summed E-state index contributed by atoms with van der Waals surface area (Å²) in [4.78, 5) is 23.3. The zero-order valence-electron chi connectivity index (χ0n) is 10.8. The highest BCUT2D eigenvalue weighted by Crippen LogP contribution is 2.17. The van der Waals surface area contributed by atoms with Crippen LogP contribution in [0.15, 0.2) is 18.2 Å². The average molecular weight is 264 g/mol. The molecule has 0 aliphatic heterocycles. The third-order valence-corrected chi connectivity index (χ3v) is 3.30. The van der Waals surface area contributed by atoms with Crippen molar-refractivity contribution in [2.24, 2.45) is 0 Å². The first kappa shape index (κ1) is 13.5. The minimum atomic E-state index is -0.369. The Morgan fingerprint density at radius 2 is 2.11 bits per heavy atom. The topological polar surface area (TPSA) is 58.2 Å². The highest BCUT2D eigenvalue weighted by Gasteiger charge is 2.19. The van der Waals surface area contributed by atoms with E-state index in [0.29, 0.717) is 11.1 Å². The number of carbonyl (C=O) groups is 2. The van der Waals surface area contributed by atoms with E-state index in [2.05, 4.69) is 10.6 Å². The van der Waals surface area contributed by atoms with E-state index < -0.39 is 0 Å². The van der Waals surface area contributed by atoms with Gasteiger partial charge in [0, 0.05) is 11.6 Å². The largest absolute Gasteiger partial charge is 0.352 e. The van der Waals surface area contributed by atoms with Crippen molar-refractivity contribution >= 4 is 11.8 Å². The van der Waals surface area contributed by atoms with E-state index in [1.54, 1.807) is 6.92 Å². The molecule has 0 heterocycles. The molecule has 2 amide bonds. The predicted octanol–water partition coefficient (Wildman–Crippen LogP) is 1.53. The van der Waals surface area contributed by atoms with Crippen LogP contribution in [0.5, 0.6) is 0 Å². The number of halogens is 1. The molecule has 1 aliphatic carbocycles. The van der Waals surface area contributed by atoms with Crippen LogP contribution in [0.1, 0.15) is 35.2 Å². The van der Waals surface area contributed by atoms with E-state index in [0.717, 1.165) is 19.3 Å². The average Bonchev–Trinajstić information content (AvgIpc) is 2.34. The molecule has 2 rings (SSSR count). The maximum absolute atomic E-state index is 13.1. The molecule has 19 heavy (non-hydrogen) atoms. The lowest BCUT2D eigenvalue weighted by Crippen LogP contribution is -2.44. The van der Waals surface area contributed by atoms with Crippen LogP contribution in [0.4, 0.5) is 4.39 Å². The van der Waals surface area contributed by atoms with Gasteiger partial charge in [-0.05, 0) is 49.9 Å². The van der Waals surface area contributed by atoms with Gasteiger partial charge in [0.15, 0.2) is 0 Å². The number of rotatable bonds is 4. The number of aryl methyl sites for hydroxylation is 1. The molecule has 0 atom stereocenters. The summed E-state index contributed by atoms with van der Waals surface area (Å²) in [6, 6.07) is 4.38. The fourth-order valence-corrected chi connectivity index (χ4v) is 1.88. The number of carbonyl (C=O) groups excluding carboxylic acids is 2. The molecule has 102 valence electrons. The van der Waals surface area contributed by atoms with E-state index >= 15 is 0 Å². The molecule has 0 aromatic heterocycles. The van der Waals surface area contributed by atoms with Gasteiger partial charge < -0.3 is 10.6 Å². The lowest BCUT2D eigenvalue weighted by atomic mass is 9.93. The molecule has 0 radical (unpaired) electrons. The highest BCUT2D eigenvalue weighted by molar-refractivity contribution is 5.96. The first-order chi connectivity index (χ1) is 9.06. The fourth-order valence-electron chi connectivity index (χ4n) is 1.88. The maximum Gasteiger partial charge on any atom is 0.251 e. The summed E-state index contributed by atoms with van der Waals surface area (Å²) in [7, 11) is 0. The second-order valence-electron chi connectivity index (χ2n) is 4.84. The quantitative estimate of drug-likeness (QED) is 0.866. The maximum atomic E-state index is 13.1. The van der Waals surface area contributed by atoms with Gasteiger partial charge in [0.05, 0.1) is 6.54 Å². The molecule has 1 aliphatic rings. The third-order valence-electron chi connectivity index (χ3n) is 3.30. The van der Waals surface area contributed by atoms with Crippen molar-refractivity contribution in [3.05, 3.63) is 35.1 Å². The lowest BCUT2D eigenvalue weighted by molar-refractivity contribution is -0.121. The summed E-state index contributed by atoms with van der Waals surface area (Å²) >= 11 is 0. The summed E-state index contributed by atoms with van der Waals surface area (Å²) in [6.45, 7) is 1.54. The van der Waals surface area contributed by atoms with Crippen LogP contribution in [0.25, 0.3) is 0 Å². The molecule has 1 aromatic carbocycles. The van der Waals surface area contributed by atoms with Gasteiger partial charge >= 0.3 is 0 Å². The van der Waals surface area contributed by atoms with Crippen LogP contribution >= 0.6 is 0 Å². The molecule has 4 nitrogen and oxygen atoms in total. The monoisotopic (exact) mass is 264 g/mol. The zero-order valence-corrected chi connectivity index (χ0v) is 10.8. The first-order valence-corrected chi connectivity index (χ1v) is 6.40. The molecular weight excluding hydrogens is 247 g/mol. The highest BCUT2D eigenvalue weighted by atomic mass is 19.1. The Labute approximate surface area is 111 Å². The van der Waals surface area contributed by atoms with Crippen molar-refractivity contribution in [1.82, 2.24) is 10.6 Å². The Morgan fingerprint density at radius 3 is 2.68 bits per heavy atom. The van der Waals surface area contributed by atoms with Gasteiger partial charge in [-0.25, -0.2) is 4.39 Å². The second-order valence-corrected chi connectivity index (χ2v) is 4.84. The standard InChI is InChI=1S/C14H17FN2O2/c1-9-7-10(5-6-12(9)15)14(19)16-8-13(18)17-11-3-2-4-11/h5-7,11H,2-4,8H2,1H3,(H,16,19)(H,17,18). The molecule has 1 aromatic rings. The first-order valence-electron chi connectivity index (χ1n) is 6.40. The third kappa shape index (κ3) is 3.53. The SMILES string of the molecule is Cc1cc(C(=O)NCC(=O)NC2CCC2)ccc1F. The number of amides is 2. The van der Waals surface area contributed by atoms with E-state index in [9.17, 15) is 14.0 Å². The van der Waals surface area contributed by atoms with Gasteiger partial charge in [0.2, 0.25) is 5.91 Å². The number of hydrogen-bond donors (Lipinski definition) is 2. The summed E-state index contributed by atoms with van der Waals surface area (Å²) in [5.41, 5.74) is 0.766. The molecule has 1 fully saturated rings. The van der Waals surface area contributed by atoms with Crippen LogP contribution in [0.2, 0.25) is 0 Å². The van der Waals surface area contributed by atoms with Crippen molar-refractivity contribution in [2.45, 2.75) is 32.2 Å². The van der Waals surface area contributed by atoms with Crippen LogP contribution in [0, 0.1) is 12.7 Å². The van der Waals surface area contributed by atoms with E-state index in [-0.39, 0.29) is 30.2 Å². The van der Waals surface area contributed by atoms with Crippen molar-refractivity contribution < 1.29 is 14.0 Å². The Balaban J connectivity index is 1.82. The lowest BCUT2D eigenvalue weighted by Gasteiger charge is -2.26. The van der Waals surface area contributed by atoms with Gasteiger partial charge in [-0.3, -0.25) is 9.59 Å². The van der Waals surface area contributed by atoms with Gasteiger partial charge in [0.25, 0.3) is 5.91 Å². The summed E-state index contributed by atoms with van der Waals surface area (Å²) in [5, 5.41) is 5.36. The van der Waals surface area contributed by atoms with E-state index in [1.165, 1.54) is 18.2 Å². The fraction of sp³-hybridized carbons (Fsp3) is 0.429. The Kier molecular flexibility index (Phi) is 4.14. The zero-order chi connectivity index (χ0) is 13.8. The second kappa shape index (κ2) is 5.82. The molecule has 0 bridgehead atoms. The molecule has 2 N–H and O–H groups in total. The van der Waals surface area contributed by atoms with Crippen LogP contribution in [-0.2, 0) is 4.79 Å². The molecular formula is C14H17FN2O2. The molecule has 5 heteroatoms. The number of nitrogens with one attached hydrogen (secondary N) is 2. The summed E-state index contributed by atoms with van der Waals surface area (Å²) in [6.07, 6.45) is 3.17. The Bertz CT molecular complexity index is 498. The van der Waals surface area contributed by atoms with Crippen LogP contribution < -0.4 is 10.6 Å². The number of hydrogen-bond acceptors (Lipinski definition) is 2. The van der Waals surface area contributed by atoms with Gasteiger partial charge in [-0.2, -0.15) is 0 Å². The van der Waals surface area contributed by atoms with Crippen molar-refractivity contribution in [3.8, 4) is 0 Å². The van der Waals surface area contributed by atoms with Crippen LogP contribution in [-0.4, -0.2) is 24.4 Å². The van der Waals surface area contributed by atoms with Crippen molar-refractivity contribution in [1.29, 1.82) is 0 Å². The predicted molar refractivity (Wildman–Crippen MR) is 69.3 cm³/mol. The Hall–Kier alpha value is -1.91.